The number of hydrogen-bond acceptors (Lipinski definition) is 3. The summed E-state index contributed by atoms with van der Waals surface area (Å²) in [6.45, 7) is 4.59. The molecule has 33 heavy (non-hydrogen) atoms. The fraction of sp³-hybridized carbons (Fsp3) is 0.862. The molecule has 0 aromatic carbocycles. The highest BCUT2D eigenvalue weighted by Gasteiger charge is 2.22. The third-order valence-electron chi connectivity index (χ3n) is 6.27. The Bertz CT molecular complexity index is 472. The first-order valence-electron chi connectivity index (χ1n) is 14.1. The van der Waals surface area contributed by atoms with Crippen molar-refractivity contribution in [1.82, 2.24) is 0 Å². The summed E-state index contributed by atoms with van der Waals surface area (Å²) in [4.78, 5) is 23.0. The largest absolute Gasteiger partial charge is 0.481 e. The lowest BCUT2D eigenvalue weighted by molar-refractivity contribution is -0.153. The van der Waals surface area contributed by atoms with Crippen molar-refractivity contribution in [1.29, 1.82) is 0 Å². The van der Waals surface area contributed by atoms with Crippen molar-refractivity contribution in [2.24, 2.45) is 5.92 Å². The van der Waals surface area contributed by atoms with Gasteiger partial charge in [-0.3, -0.25) is 9.59 Å². The molecule has 1 atom stereocenters. The summed E-state index contributed by atoms with van der Waals surface area (Å²) in [5.41, 5.74) is 0. The first kappa shape index (κ1) is 31.7. The fourth-order valence-corrected chi connectivity index (χ4v) is 4.18. The molecule has 0 heterocycles. The zero-order valence-electron chi connectivity index (χ0n) is 22.0. The lowest BCUT2D eigenvalue weighted by Gasteiger charge is -2.13. The molecule has 0 saturated carbocycles. The van der Waals surface area contributed by atoms with Crippen LogP contribution in [0.4, 0.5) is 0 Å². The topological polar surface area (TPSA) is 63.6 Å². The molecule has 0 saturated heterocycles. The Hall–Kier alpha value is -1.32. The van der Waals surface area contributed by atoms with Crippen LogP contribution in [0.3, 0.4) is 0 Å². The van der Waals surface area contributed by atoms with Crippen LogP contribution in [0.15, 0.2) is 12.2 Å². The Morgan fingerprint density at radius 1 is 0.667 bits per heavy atom. The van der Waals surface area contributed by atoms with Gasteiger partial charge < -0.3 is 9.84 Å². The minimum Gasteiger partial charge on any atom is -0.481 e. The third kappa shape index (κ3) is 23.6. The molecule has 0 aliphatic carbocycles. The number of carboxylic acid groups (broad SMARTS) is 1. The number of ether oxygens (including phenoxy) is 1. The summed E-state index contributed by atoms with van der Waals surface area (Å²) in [6, 6.07) is 0. The van der Waals surface area contributed by atoms with Crippen LogP contribution in [-0.4, -0.2) is 23.7 Å². The maximum atomic E-state index is 12.0. The van der Waals surface area contributed by atoms with E-state index in [1.807, 2.05) is 6.92 Å². The maximum absolute atomic E-state index is 12.0. The molecule has 0 spiro atoms. The molecule has 0 rings (SSSR count). The second-order valence-corrected chi connectivity index (χ2v) is 9.60. The van der Waals surface area contributed by atoms with E-state index in [9.17, 15) is 9.59 Å². The number of unbranched alkanes of at least 4 members (excludes halogenated alkanes) is 16. The lowest BCUT2D eigenvalue weighted by Crippen LogP contribution is -2.21. The molecule has 0 fully saturated rings. The minimum atomic E-state index is -0.918. The number of carbonyl (C=O) groups excluding carboxylic acids is 1. The number of rotatable bonds is 25. The zero-order chi connectivity index (χ0) is 24.4. The highest BCUT2D eigenvalue weighted by atomic mass is 16.5. The van der Waals surface area contributed by atoms with Crippen LogP contribution in [0.2, 0.25) is 0 Å². The lowest BCUT2D eigenvalue weighted by atomic mass is 9.97. The van der Waals surface area contributed by atoms with E-state index >= 15 is 0 Å². The number of hydrogen-bond donors (Lipinski definition) is 1. The van der Waals surface area contributed by atoms with Crippen LogP contribution in [0, 0.1) is 5.92 Å². The molecule has 1 unspecified atom stereocenters. The Labute approximate surface area is 204 Å². The summed E-state index contributed by atoms with van der Waals surface area (Å²) in [5.74, 6) is -1.74. The number of carboxylic acids is 1. The van der Waals surface area contributed by atoms with Gasteiger partial charge in [0.2, 0.25) is 0 Å². The predicted molar refractivity (Wildman–Crippen MR) is 140 cm³/mol. The number of carbonyl (C=O) groups is 2. The number of allylic oxidation sites excluding steroid dienone is 2. The minimum absolute atomic E-state index is 0.113. The van der Waals surface area contributed by atoms with Crippen molar-refractivity contribution in [3.63, 3.8) is 0 Å². The van der Waals surface area contributed by atoms with Crippen molar-refractivity contribution in [2.75, 3.05) is 6.61 Å². The highest BCUT2D eigenvalue weighted by Crippen LogP contribution is 2.18. The summed E-state index contributed by atoms with van der Waals surface area (Å²) >= 11 is 0. The molecule has 0 aliphatic heterocycles. The second kappa shape index (κ2) is 25.3. The van der Waals surface area contributed by atoms with Crippen LogP contribution in [0.1, 0.15) is 149 Å². The van der Waals surface area contributed by atoms with Crippen LogP contribution in [0.5, 0.6) is 0 Å². The first-order chi connectivity index (χ1) is 16.1. The average Bonchev–Trinajstić information content (AvgIpc) is 2.80. The van der Waals surface area contributed by atoms with Gasteiger partial charge in [0.1, 0.15) is 0 Å². The van der Waals surface area contributed by atoms with E-state index in [1.165, 1.54) is 103 Å². The SMILES string of the molecule is CCCCCCC/C=C/CCCCCCCCCCCCCC(CC(=O)O)C(=O)OCCC. The smallest absolute Gasteiger partial charge is 0.309 e. The van der Waals surface area contributed by atoms with E-state index in [0.717, 1.165) is 19.3 Å². The zero-order valence-corrected chi connectivity index (χ0v) is 22.0. The summed E-state index contributed by atoms with van der Waals surface area (Å²) in [7, 11) is 0. The van der Waals surface area contributed by atoms with Crippen molar-refractivity contribution >= 4 is 11.9 Å². The average molecular weight is 467 g/mol. The maximum Gasteiger partial charge on any atom is 0.309 e. The Morgan fingerprint density at radius 2 is 1.12 bits per heavy atom. The second-order valence-electron chi connectivity index (χ2n) is 9.60. The summed E-state index contributed by atoms with van der Waals surface area (Å²) < 4.78 is 5.14. The Morgan fingerprint density at radius 3 is 1.58 bits per heavy atom. The van der Waals surface area contributed by atoms with E-state index in [-0.39, 0.29) is 12.4 Å². The van der Waals surface area contributed by atoms with Gasteiger partial charge in [-0.25, -0.2) is 0 Å². The van der Waals surface area contributed by atoms with Gasteiger partial charge in [-0.05, 0) is 38.5 Å². The Balaban J connectivity index is 3.44. The van der Waals surface area contributed by atoms with Crippen molar-refractivity contribution in [3.05, 3.63) is 12.2 Å². The van der Waals surface area contributed by atoms with Gasteiger partial charge in [-0.15, -0.1) is 0 Å². The van der Waals surface area contributed by atoms with Crippen LogP contribution in [0.25, 0.3) is 0 Å². The molecule has 194 valence electrons. The summed E-state index contributed by atoms with van der Waals surface area (Å²) in [6.07, 6.45) is 29.2. The predicted octanol–water partition coefficient (Wildman–Crippen LogP) is 9.02. The van der Waals surface area contributed by atoms with Gasteiger partial charge in [0.25, 0.3) is 0 Å². The highest BCUT2D eigenvalue weighted by molar-refractivity contribution is 5.79. The Kier molecular flexibility index (Phi) is 24.3. The van der Waals surface area contributed by atoms with Crippen molar-refractivity contribution in [3.8, 4) is 0 Å². The number of aliphatic carboxylic acids is 1. The van der Waals surface area contributed by atoms with Gasteiger partial charge in [0.05, 0.1) is 18.9 Å². The molecule has 0 aromatic rings. The number of esters is 1. The molecular weight excluding hydrogens is 412 g/mol. The molecule has 4 nitrogen and oxygen atoms in total. The van der Waals surface area contributed by atoms with Gasteiger partial charge in [-0.2, -0.15) is 0 Å². The van der Waals surface area contributed by atoms with Crippen LogP contribution < -0.4 is 0 Å². The fourth-order valence-electron chi connectivity index (χ4n) is 4.18. The van der Waals surface area contributed by atoms with E-state index < -0.39 is 11.9 Å². The van der Waals surface area contributed by atoms with Crippen LogP contribution >= 0.6 is 0 Å². The molecule has 4 heteroatoms. The normalized spacial score (nSPS) is 12.3. The molecule has 0 radical (unpaired) electrons. The molecule has 0 amide bonds. The van der Waals surface area contributed by atoms with Gasteiger partial charge >= 0.3 is 11.9 Å². The molecular formula is C29H54O4. The summed E-state index contributed by atoms with van der Waals surface area (Å²) in [5, 5.41) is 9.01. The van der Waals surface area contributed by atoms with Crippen LogP contribution in [-0.2, 0) is 14.3 Å². The van der Waals surface area contributed by atoms with E-state index in [0.29, 0.717) is 13.0 Å². The van der Waals surface area contributed by atoms with Crippen molar-refractivity contribution in [2.45, 2.75) is 149 Å². The molecule has 0 aromatic heterocycles. The van der Waals surface area contributed by atoms with E-state index in [4.69, 9.17) is 9.84 Å². The third-order valence-corrected chi connectivity index (χ3v) is 6.27. The van der Waals surface area contributed by atoms with Gasteiger partial charge in [0.15, 0.2) is 0 Å². The van der Waals surface area contributed by atoms with Gasteiger partial charge in [-0.1, -0.05) is 116 Å². The van der Waals surface area contributed by atoms with Crippen molar-refractivity contribution < 1.29 is 19.4 Å². The molecule has 0 bridgehead atoms. The van der Waals surface area contributed by atoms with Gasteiger partial charge in [0, 0.05) is 0 Å². The molecule has 0 aliphatic rings. The van der Waals surface area contributed by atoms with E-state index in [1.54, 1.807) is 0 Å². The first-order valence-corrected chi connectivity index (χ1v) is 14.1. The standard InChI is InChI=1S/C29H54O4/c1-3-5-6-7-8-9-10-11-12-13-14-15-16-17-18-19-20-21-22-23-24-27(26-28(30)31)29(32)33-25-4-2/h10-11,27H,3-9,12-26H2,1-2H3,(H,30,31)/b11-10+. The quantitative estimate of drug-likeness (QED) is 0.0828. The monoisotopic (exact) mass is 466 g/mol. The van der Waals surface area contributed by atoms with E-state index in [2.05, 4.69) is 19.1 Å². The molecule has 1 N–H and O–H groups in total.